The van der Waals surface area contributed by atoms with Gasteiger partial charge in [-0.1, -0.05) is 53.0 Å². The highest BCUT2D eigenvalue weighted by Gasteiger charge is 2.27. The largest absolute Gasteiger partial charge is 0.513 e. The maximum absolute atomic E-state index is 12.8. The van der Waals surface area contributed by atoms with E-state index in [2.05, 4.69) is 0 Å². The van der Waals surface area contributed by atoms with Crippen LogP contribution in [0, 0.1) is 11.8 Å². The Hall–Kier alpha value is -3.54. The minimum Gasteiger partial charge on any atom is -0.458 e. The van der Waals surface area contributed by atoms with E-state index in [0.29, 0.717) is 5.56 Å². The Balaban J connectivity index is 2.01. The molecule has 1 aromatic carbocycles. The Morgan fingerprint density at radius 1 is 0.773 bits per heavy atom. The molecule has 0 heterocycles. The van der Waals surface area contributed by atoms with Gasteiger partial charge in [-0.3, -0.25) is 4.79 Å². The second kappa shape index (κ2) is 19.0. The lowest BCUT2D eigenvalue weighted by molar-refractivity contribution is -0.155. The van der Waals surface area contributed by atoms with Gasteiger partial charge in [-0.2, -0.15) is 0 Å². The molecule has 0 aliphatic heterocycles. The highest BCUT2D eigenvalue weighted by molar-refractivity contribution is 5.76. The number of ether oxygens (including phenoxy) is 7. The van der Waals surface area contributed by atoms with Crippen LogP contribution >= 0.6 is 0 Å². The standard InChI is InChI=1S/C32H49NO11/c1-7-20(3)18-38-30(35)43-27-15-14-24(17-28(27)44-31(36)39-19-21(4)8-2)16-26(33)29(34)40-22(5)23(6)41-32(37)42-25-12-10-9-11-13-25/h14-15,17,20-23,25-26H,7-13,16,18-19,33H2,1-6H3/t20?,21?,22-,23-,26-/m0/s1. The molecule has 0 saturated heterocycles. The van der Waals surface area contributed by atoms with Gasteiger partial charge < -0.3 is 38.9 Å². The summed E-state index contributed by atoms with van der Waals surface area (Å²) in [6.07, 6.45) is 1.96. The monoisotopic (exact) mass is 623 g/mol. The van der Waals surface area contributed by atoms with E-state index in [1.165, 1.54) is 12.1 Å². The van der Waals surface area contributed by atoms with Crippen molar-refractivity contribution in [3.8, 4) is 11.5 Å². The Labute approximate surface area is 260 Å². The van der Waals surface area contributed by atoms with Gasteiger partial charge in [0, 0.05) is 0 Å². The molecular formula is C32H49NO11. The van der Waals surface area contributed by atoms with Gasteiger partial charge in [0.2, 0.25) is 0 Å². The Morgan fingerprint density at radius 3 is 1.89 bits per heavy atom. The minimum atomic E-state index is -1.10. The van der Waals surface area contributed by atoms with E-state index in [1.54, 1.807) is 19.9 Å². The highest BCUT2D eigenvalue weighted by atomic mass is 16.8. The summed E-state index contributed by atoms with van der Waals surface area (Å²) in [5, 5.41) is 0. The van der Waals surface area contributed by atoms with E-state index in [9.17, 15) is 19.2 Å². The summed E-state index contributed by atoms with van der Waals surface area (Å²) in [6.45, 7) is 11.3. The van der Waals surface area contributed by atoms with Crippen LogP contribution in [0.2, 0.25) is 0 Å². The van der Waals surface area contributed by atoms with Crippen molar-refractivity contribution < 1.29 is 52.3 Å². The van der Waals surface area contributed by atoms with Gasteiger partial charge in [-0.05, 0) is 75.5 Å². The van der Waals surface area contributed by atoms with Crippen molar-refractivity contribution in [2.24, 2.45) is 17.6 Å². The Kier molecular flexibility index (Phi) is 15.8. The zero-order valence-corrected chi connectivity index (χ0v) is 26.8. The molecule has 0 radical (unpaired) electrons. The SMILES string of the molecule is CCC(C)COC(=O)Oc1ccc(C[C@H](N)C(=O)O[C@@H](C)[C@H](C)OC(=O)OC2CCCCC2)cc1OC(=O)OCC(C)CC. The fourth-order valence-electron chi connectivity index (χ4n) is 4.04. The minimum absolute atomic E-state index is 0.00152. The topological polar surface area (TPSA) is 159 Å². The third kappa shape index (κ3) is 13.4. The zero-order chi connectivity index (χ0) is 32.6. The number of nitrogens with two attached hydrogens (primary N) is 1. The molecule has 1 aromatic rings. The van der Waals surface area contributed by atoms with E-state index in [4.69, 9.17) is 38.9 Å². The van der Waals surface area contributed by atoms with Crippen LogP contribution in [0.25, 0.3) is 0 Å². The molecule has 2 unspecified atom stereocenters. The van der Waals surface area contributed by atoms with Crippen LogP contribution in [0.15, 0.2) is 18.2 Å². The van der Waals surface area contributed by atoms with Gasteiger partial charge in [-0.15, -0.1) is 0 Å². The van der Waals surface area contributed by atoms with E-state index >= 15 is 0 Å². The Morgan fingerprint density at radius 2 is 1.32 bits per heavy atom. The predicted molar refractivity (Wildman–Crippen MR) is 160 cm³/mol. The van der Waals surface area contributed by atoms with Crippen LogP contribution in [0.3, 0.4) is 0 Å². The Bertz CT molecular complexity index is 1070. The molecular weight excluding hydrogens is 574 g/mol. The first-order chi connectivity index (χ1) is 20.9. The molecule has 12 nitrogen and oxygen atoms in total. The first-order valence-electron chi connectivity index (χ1n) is 15.6. The van der Waals surface area contributed by atoms with Crippen molar-refractivity contribution in [1.82, 2.24) is 0 Å². The molecule has 0 spiro atoms. The van der Waals surface area contributed by atoms with Gasteiger partial charge >= 0.3 is 24.4 Å². The van der Waals surface area contributed by atoms with Crippen LogP contribution in [0.1, 0.15) is 92.1 Å². The highest BCUT2D eigenvalue weighted by Crippen LogP contribution is 2.30. The lowest BCUT2D eigenvalue weighted by Gasteiger charge is -2.25. The molecule has 2 N–H and O–H groups in total. The average Bonchev–Trinajstić information content (AvgIpc) is 3.00. The molecule has 2 rings (SSSR count). The fourth-order valence-corrected chi connectivity index (χ4v) is 4.04. The molecule has 5 atom stereocenters. The van der Waals surface area contributed by atoms with Gasteiger partial charge in [-0.25, -0.2) is 14.4 Å². The molecule has 0 bridgehead atoms. The summed E-state index contributed by atoms with van der Waals surface area (Å²) in [5.74, 6) is -0.630. The second-order valence-electron chi connectivity index (χ2n) is 11.5. The summed E-state index contributed by atoms with van der Waals surface area (Å²) in [6, 6.07) is 3.30. The van der Waals surface area contributed by atoms with Gasteiger partial charge in [0.15, 0.2) is 11.5 Å². The maximum Gasteiger partial charge on any atom is 0.513 e. The van der Waals surface area contributed by atoms with E-state index in [1.807, 2.05) is 27.7 Å². The number of hydrogen-bond acceptors (Lipinski definition) is 12. The quantitative estimate of drug-likeness (QED) is 0.129. The molecule has 248 valence electrons. The van der Waals surface area contributed by atoms with Crippen molar-refractivity contribution in [2.45, 2.75) is 117 Å². The molecule has 0 amide bonds. The number of benzene rings is 1. The van der Waals surface area contributed by atoms with Crippen molar-refractivity contribution >= 4 is 24.4 Å². The average molecular weight is 624 g/mol. The van der Waals surface area contributed by atoms with Crippen molar-refractivity contribution in [2.75, 3.05) is 13.2 Å². The summed E-state index contributed by atoms with van der Waals surface area (Å²) < 4.78 is 37.1. The molecule has 44 heavy (non-hydrogen) atoms. The number of carbonyl (C=O) groups is 4. The van der Waals surface area contributed by atoms with Crippen LogP contribution < -0.4 is 15.2 Å². The lowest BCUT2D eigenvalue weighted by Crippen LogP contribution is -2.39. The first-order valence-corrected chi connectivity index (χ1v) is 15.6. The molecule has 1 aliphatic carbocycles. The normalized spacial score (nSPS) is 16.8. The third-order valence-corrected chi connectivity index (χ3v) is 7.58. The van der Waals surface area contributed by atoms with E-state index in [-0.39, 0.29) is 49.1 Å². The van der Waals surface area contributed by atoms with Gasteiger partial charge in [0.25, 0.3) is 0 Å². The molecule has 1 fully saturated rings. The smallest absolute Gasteiger partial charge is 0.458 e. The van der Waals surface area contributed by atoms with Crippen molar-refractivity contribution in [1.29, 1.82) is 0 Å². The summed E-state index contributed by atoms with van der Waals surface area (Å²) in [4.78, 5) is 49.6. The van der Waals surface area contributed by atoms with Crippen molar-refractivity contribution in [3.05, 3.63) is 23.8 Å². The second-order valence-corrected chi connectivity index (χ2v) is 11.5. The number of hydrogen-bond donors (Lipinski definition) is 1. The molecule has 12 heteroatoms. The van der Waals surface area contributed by atoms with Gasteiger partial charge in [0.1, 0.15) is 24.4 Å². The van der Waals surface area contributed by atoms with E-state index in [0.717, 1.165) is 44.9 Å². The van der Waals surface area contributed by atoms with Crippen LogP contribution in [-0.2, 0) is 34.9 Å². The zero-order valence-electron chi connectivity index (χ0n) is 26.8. The lowest BCUT2D eigenvalue weighted by atomic mass is 9.98. The van der Waals surface area contributed by atoms with Crippen LogP contribution in [0.5, 0.6) is 11.5 Å². The number of carbonyl (C=O) groups excluding carboxylic acids is 4. The summed E-state index contributed by atoms with van der Waals surface area (Å²) in [5.41, 5.74) is 6.62. The summed E-state index contributed by atoms with van der Waals surface area (Å²) >= 11 is 0. The van der Waals surface area contributed by atoms with E-state index < -0.39 is 42.7 Å². The molecule has 1 aliphatic rings. The third-order valence-electron chi connectivity index (χ3n) is 7.58. The maximum atomic E-state index is 12.8. The molecule has 1 saturated carbocycles. The van der Waals surface area contributed by atoms with Crippen LogP contribution in [0.4, 0.5) is 14.4 Å². The number of esters is 1. The van der Waals surface area contributed by atoms with Gasteiger partial charge in [0.05, 0.1) is 13.2 Å². The van der Waals surface area contributed by atoms with Crippen molar-refractivity contribution in [3.63, 3.8) is 0 Å². The summed E-state index contributed by atoms with van der Waals surface area (Å²) in [7, 11) is 0. The molecule has 0 aromatic heterocycles. The fraction of sp³-hybridized carbons (Fsp3) is 0.688. The number of rotatable bonds is 15. The first kappa shape index (κ1) is 36.7. The van der Waals surface area contributed by atoms with Crippen LogP contribution in [-0.4, -0.2) is 62.0 Å². The predicted octanol–water partition coefficient (Wildman–Crippen LogP) is 6.49.